The molecule has 0 saturated heterocycles. The molecule has 0 saturated carbocycles. The Labute approximate surface area is 101 Å². The van der Waals surface area contributed by atoms with Crippen molar-refractivity contribution in [1.82, 2.24) is 0 Å². The van der Waals surface area contributed by atoms with Crippen LogP contribution in [0.2, 0.25) is 0 Å². The summed E-state index contributed by atoms with van der Waals surface area (Å²) in [4.78, 5) is 11.7. The minimum Gasteiger partial charge on any atom is -0.449 e. The molecule has 1 aliphatic rings. The van der Waals surface area contributed by atoms with E-state index in [2.05, 4.69) is 6.58 Å². The lowest BCUT2D eigenvalue weighted by Crippen LogP contribution is -2.02. The van der Waals surface area contributed by atoms with E-state index >= 15 is 0 Å². The van der Waals surface area contributed by atoms with E-state index in [0.29, 0.717) is 5.57 Å². The number of benzene rings is 1. The molecule has 2 rings (SSSR count). The molecule has 1 aliphatic heterocycles. The van der Waals surface area contributed by atoms with Gasteiger partial charge in [0.1, 0.15) is 6.10 Å². The first-order valence-electron chi connectivity index (χ1n) is 5.50. The van der Waals surface area contributed by atoms with Crippen molar-refractivity contribution in [3.8, 4) is 0 Å². The van der Waals surface area contributed by atoms with Crippen LogP contribution in [0.3, 0.4) is 0 Å². The summed E-state index contributed by atoms with van der Waals surface area (Å²) in [6.45, 7) is 5.51. The van der Waals surface area contributed by atoms with Gasteiger partial charge < -0.3 is 4.74 Å². The summed E-state index contributed by atoms with van der Waals surface area (Å²) < 4.78 is 5.37. The first-order chi connectivity index (χ1) is 8.24. The van der Waals surface area contributed by atoms with Crippen molar-refractivity contribution in [1.29, 1.82) is 0 Å². The first kappa shape index (κ1) is 11.4. The van der Waals surface area contributed by atoms with Crippen LogP contribution in [0.1, 0.15) is 18.6 Å². The second-order valence-corrected chi connectivity index (χ2v) is 3.89. The van der Waals surface area contributed by atoms with Gasteiger partial charge in [-0.2, -0.15) is 0 Å². The topological polar surface area (TPSA) is 26.3 Å². The largest absolute Gasteiger partial charge is 0.449 e. The standard InChI is InChI=1S/C15H14O2/c1-3-4-10-13-11(2)14(17-15(13)16)12-8-6-5-7-9-12/h3-10,14H,1H2,2H3. The van der Waals surface area contributed by atoms with Gasteiger partial charge in [0, 0.05) is 0 Å². The summed E-state index contributed by atoms with van der Waals surface area (Å²) >= 11 is 0. The predicted molar refractivity (Wildman–Crippen MR) is 67.3 cm³/mol. The number of esters is 1. The zero-order valence-corrected chi connectivity index (χ0v) is 9.72. The van der Waals surface area contributed by atoms with E-state index < -0.39 is 0 Å². The summed E-state index contributed by atoms with van der Waals surface area (Å²) in [7, 11) is 0. The van der Waals surface area contributed by atoms with Crippen molar-refractivity contribution in [2.24, 2.45) is 0 Å². The minimum atomic E-state index is -0.269. The van der Waals surface area contributed by atoms with Gasteiger partial charge in [0.15, 0.2) is 0 Å². The van der Waals surface area contributed by atoms with Gasteiger partial charge >= 0.3 is 5.97 Å². The maximum atomic E-state index is 11.7. The molecule has 2 heteroatoms. The van der Waals surface area contributed by atoms with Gasteiger partial charge in [-0.25, -0.2) is 4.79 Å². The van der Waals surface area contributed by atoms with E-state index in [0.717, 1.165) is 11.1 Å². The van der Waals surface area contributed by atoms with Crippen LogP contribution in [-0.2, 0) is 9.53 Å². The number of rotatable bonds is 3. The lowest BCUT2D eigenvalue weighted by molar-refractivity contribution is -0.139. The number of allylic oxidation sites excluding steroid dienone is 2. The molecular formula is C15H14O2. The summed E-state index contributed by atoms with van der Waals surface area (Å²) in [6.07, 6.45) is 4.87. The van der Waals surface area contributed by atoms with Crippen molar-refractivity contribution in [3.05, 3.63) is 71.8 Å². The van der Waals surface area contributed by atoms with E-state index in [1.54, 1.807) is 18.2 Å². The lowest BCUT2D eigenvalue weighted by atomic mass is 10.0. The fourth-order valence-electron chi connectivity index (χ4n) is 1.87. The van der Waals surface area contributed by atoms with Crippen LogP contribution in [-0.4, -0.2) is 5.97 Å². The van der Waals surface area contributed by atoms with E-state index in [1.807, 2.05) is 37.3 Å². The molecule has 0 N–H and O–H groups in total. The normalized spacial score (nSPS) is 19.8. The molecule has 0 radical (unpaired) electrons. The van der Waals surface area contributed by atoms with E-state index in [4.69, 9.17) is 4.74 Å². The first-order valence-corrected chi connectivity index (χ1v) is 5.50. The maximum absolute atomic E-state index is 11.7. The smallest absolute Gasteiger partial charge is 0.339 e. The Kier molecular flexibility index (Phi) is 3.24. The second-order valence-electron chi connectivity index (χ2n) is 3.89. The molecule has 1 atom stereocenters. The van der Waals surface area contributed by atoms with Crippen LogP contribution < -0.4 is 0 Å². The Morgan fingerprint density at radius 2 is 2.00 bits per heavy atom. The molecule has 1 unspecified atom stereocenters. The second kappa shape index (κ2) is 4.83. The molecule has 0 bridgehead atoms. The van der Waals surface area contributed by atoms with E-state index in [9.17, 15) is 4.79 Å². The lowest BCUT2D eigenvalue weighted by Gasteiger charge is -2.11. The van der Waals surface area contributed by atoms with Crippen LogP contribution in [0.4, 0.5) is 0 Å². The molecule has 0 spiro atoms. The molecular weight excluding hydrogens is 212 g/mol. The van der Waals surface area contributed by atoms with Gasteiger partial charge in [-0.3, -0.25) is 0 Å². The number of ether oxygens (including phenoxy) is 1. The Morgan fingerprint density at radius 1 is 1.29 bits per heavy atom. The molecule has 0 aliphatic carbocycles. The molecule has 86 valence electrons. The molecule has 1 aromatic carbocycles. The van der Waals surface area contributed by atoms with E-state index in [1.165, 1.54) is 0 Å². The fraction of sp³-hybridized carbons (Fsp3) is 0.133. The molecule has 1 heterocycles. The molecule has 0 fully saturated rings. The van der Waals surface area contributed by atoms with Crippen LogP contribution in [0, 0.1) is 0 Å². The van der Waals surface area contributed by atoms with Gasteiger partial charge in [0.25, 0.3) is 0 Å². The summed E-state index contributed by atoms with van der Waals surface area (Å²) in [5.41, 5.74) is 2.57. The van der Waals surface area contributed by atoms with Gasteiger partial charge in [-0.1, -0.05) is 49.1 Å². The highest BCUT2D eigenvalue weighted by molar-refractivity contribution is 5.95. The third kappa shape index (κ3) is 2.21. The maximum Gasteiger partial charge on any atom is 0.339 e. The van der Waals surface area contributed by atoms with Crippen LogP contribution in [0.15, 0.2) is 66.3 Å². The zero-order valence-electron chi connectivity index (χ0n) is 9.72. The Balaban J connectivity index is 2.35. The van der Waals surface area contributed by atoms with Crippen molar-refractivity contribution in [3.63, 3.8) is 0 Å². The number of carbonyl (C=O) groups is 1. The molecule has 1 aromatic rings. The summed E-state index contributed by atoms with van der Waals surface area (Å²) in [5.74, 6) is -0.269. The van der Waals surface area contributed by atoms with Crippen molar-refractivity contribution in [2.75, 3.05) is 0 Å². The summed E-state index contributed by atoms with van der Waals surface area (Å²) in [6, 6.07) is 9.74. The van der Waals surface area contributed by atoms with Crippen LogP contribution in [0.25, 0.3) is 0 Å². The Morgan fingerprint density at radius 3 is 2.65 bits per heavy atom. The van der Waals surface area contributed by atoms with Crippen molar-refractivity contribution in [2.45, 2.75) is 13.0 Å². The Hall–Kier alpha value is -2.09. The zero-order chi connectivity index (χ0) is 12.3. The number of hydrogen-bond donors (Lipinski definition) is 0. The van der Waals surface area contributed by atoms with E-state index in [-0.39, 0.29) is 12.1 Å². The highest BCUT2D eigenvalue weighted by Gasteiger charge is 2.30. The van der Waals surface area contributed by atoms with Crippen molar-refractivity contribution >= 4 is 5.97 Å². The highest BCUT2D eigenvalue weighted by Crippen LogP contribution is 2.35. The number of hydrogen-bond acceptors (Lipinski definition) is 2. The molecule has 2 nitrogen and oxygen atoms in total. The summed E-state index contributed by atoms with van der Waals surface area (Å²) in [5, 5.41) is 0. The Bertz CT molecular complexity index is 495. The number of carbonyl (C=O) groups excluding carboxylic acids is 1. The third-order valence-corrected chi connectivity index (χ3v) is 2.76. The highest BCUT2D eigenvalue weighted by atomic mass is 16.5. The average Bonchev–Trinajstić information content (AvgIpc) is 2.64. The number of cyclic esters (lactones) is 1. The van der Waals surface area contributed by atoms with Gasteiger partial charge in [0.05, 0.1) is 5.57 Å². The quantitative estimate of drug-likeness (QED) is 0.583. The fourth-order valence-corrected chi connectivity index (χ4v) is 1.87. The average molecular weight is 226 g/mol. The van der Waals surface area contributed by atoms with Gasteiger partial charge in [0.2, 0.25) is 0 Å². The van der Waals surface area contributed by atoms with Crippen molar-refractivity contribution < 1.29 is 9.53 Å². The van der Waals surface area contributed by atoms with Gasteiger partial charge in [-0.15, -0.1) is 0 Å². The van der Waals surface area contributed by atoms with Crippen LogP contribution >= 0.6 is 0 Å². The molecule has 17 heavy (non-hydrogen) atoms. The van der Waals surface area contributed by atoms with Crippen LogP contribution in [0.5, 0.6) is 0 Å². The molecule has 0 amide bonds. The van der Waals surface area contributed by atoms with Gasteiger partial charge in [-0.05, 0) is 24.1 Å². The molecule has 0 aromatic heterocycles. The minimum absolute atomic E-state index is 0.256. The third-order valence-electron chi connectivity index (χ3n) is 2.76. The monoisotopic (exact) mass is 226 g/mol. The SMILES string of the molecule is C=CC=CC1=C(C)C(c2ccccc2)OC1=O. The predicted octanol–water partition coefficient (Wildman–Crippen LogP) is 3.34.